The fourth-order valence-electron chi connectivity index (χ4n) is 1.64. The Morgan fingerprint density at radius 1 is 0.958 bits per heavy atom. The van der Waals surface area contributed by atoms with Crippen LogP contribution >= 0.6 is 0 Å². The number of carbonyl (C=O) groups excluding carboxylic acids is 3. The van der Waals surface area contributed by atoms with Gasteiger partial charge in [0.05, 0.1) is 0 Å². The number of ether oxygens (including phenoxy) is 1. The molecule has 0 saturated heterocycles. The smallest absolute Gasteiger partial charge is 0.409 e. The summed E-state index contributed by atoms with van der Waals surface area (Å²) < 4.78 is 5.13. The minimum atomic E-state index is -1.24. The normalized spacial score (nSPS) is 12.2. The number of carbonyl (C=O) groups is 3. The van der Waals surface area contributed by atoms with E-state index < -0.39 is 23.8 Å². The lowest BCUT2D eigenvalue weighted by Gasteiger charge is -2.24. The molecule has 0 heterocycles. The van der Waals surface area contributed by atoms with Gasteiger partial charge in [-0.25, -0.2) is 4.79 Å². The zero-order valence-electron chi connectivity index (χ0n) is 14.7. The van der Waals surface area contributed by atoms with Gasteiger partial charge in [0.2, 0.25) is 5.91 Å². The number of anilines is 1. The fraction of sp³-hybridized carbons (Fsp3) is 0.471. The van der Waals surface area contributed by atoms with Crippen molar-refractivity contribution in [2.45, 2.75) is 46.4 Å². The Hall–Kier alpha value is -2.57. The SMILES string of the molecule is CC(C)C(=O)NC(NC(=O)OC(C)(C)C)C(=O)Nc1ccccc1. The van der Waals surface area contributed by atoms with Gasteiger partial charge < -0.3 is 15.4 Å². The van der Waals surface area contributed by atoms with Gasteiger partial charge in [-0.15, -0.1) is 0 Å². The summed E-state index contributed by atoms with van der Waals surface area (Å²) in [4.78, 5) is 36.2. The number of para-hydroxylation sites is 1. The van der Waals surface area contributed by atoms with E-state index in [0.717, 1.165) is 0 Å². The molecule has 0 aliphatic carbocycles. The van der Waals surface area contributed by atoms with Crippen molar-refractivity contribution in [2.75, 3.05) is 5.32 Å². The van der Waals surface area contributed by atoms with Gasteiger partial charge in [-0.05, 0) is 32.9 Å². The second-order valence-electron chi connectivity index (χ2n) is 6.60. The number of hydrogen-bond acceptors (Lipinski definition) is 4. The van der Waals surface area contributed by atoms with Crippen LogP contribution in [0.2, 0.25) is 0 Å². The third-order valence-corrected chi connectivity index (χ3v) is 2.78. The molecule has 1 rings (SSSR count). The molecule has 132 valence electrons. The topological polar surface area (TPSA) is 96.5 Å². The van der Waals surface area contributed by atoms with Crippen molar-refractivity contribution < 1.29 is 19.1 Å². The standard InChI is InChI=1S/C17H25N3O4/c1-11(2)14(21)19-13(20-16(23)24-17(3,4)5)15(22)18-12-9-7-6-8-10-12/h6-11,13H,1-5H3,(H,18,22)(H,19,21)(H,20,23). The zero-order valence-corrected chi connectivity index (χ0v) is 14.7. The van der Waals surface area contributed by atoms with Gasteiger partial charge in [0, 0.05) is 11.6 Å². The molecular weight excluding hydrogens is 310 g/mol. The van der Waals surface area contributed by atoms with E-state index >= 15 is 0 Å². The molecule has 7 nitrogen and oxygen atoms in total. The Bertz CT molecular complexity index is 579. The molecule has 0 aromatic heterocycles. The Morgan fingerprint density at radius 2 is 1.54 bits per heavy atom. The van der Waals surface area contributed by atoms with E-state index in [4.69, 9.17) is 4.74 Å². The molecule has 0 spiro atoms. The predicted molar refractivity (Wildman–Crippen MR) is 91.2 cm³/mol. The van der Waals surface area contributed by atoms with Gasteiger partial charge in [0.25, 0.3) is 5.91 Å². The van der Waals surface area contributed by atoms with Gasteiger partial charge in [-0.1, -0.05) is 32.0 Å². The van der Waals surface area contributed by atoms with Crippen LogP contribution in [0.5, 0.6) is 0 Å². The number of alkyl carbamates (subject to hydrolysis) is 1. The van der Waals surface area contributed by atoms with E-state index in [-0.39, 0.29) is 11.8 Å². The molecule has 1 aromatic rings. The van der Waals surface area contributed by atoms with Crippen molar-refractivity contribution in [1.82, 2.24) is 10.6 Å². The molecule has 0 aliphatic heterocycles. The summed E-state index contributed by atoms with van der Waals surface area (Å²) >= 11 is 0. The Balaban J connectivity index is 2.82. The Kier molecular flexibility index (Phi) is 6.76. The van der Waals surface area contributed by atoms with Crippen LogP contribution in [0.3, 0.4) is 0 Å². The van der Waals surface area contributed by atoms with Crippen LogP contribution in [0.1, 0.15) is 34.6 Å². The van der Waals surface area contributed by atoms with Crippen LogP contribution in [0.4, 0.5) is 10.5 Å². The van der Waals surface area contributed by atoms with E-state index in [1.165, 1.54) is 0 Å². The molecule has 0 radical (unpaired) electrons. The first-order chi connectivity index (χ1) is 11.1. The number of hydrogen-bond donors (Lipinski definition) is 3. The van der Waals surface area contributed by atoms with Crippen molar-refractivity contribution >= 4 is 23.6 Å². The van der Waals surface area contributed by atoms with E-state index in [2.05, 4.69) is 16.0 Å². The van der Waals surface area contributed by atoms with E-state index in [1.807, 2.05) is 6.07 Å². The lowest BCUT2D eigenvalue weighted by molar-refractivity contribution is -0.129. The van der Waals surface area contributed by atoms with Gasteiger partial charge >= 0.3 is 6.09 Å². The summed E-state index contributed by atoms with van der Waals surface area (Å²) in [5.74, 6) is -1.27. The van der Waals surface area contributed by atoms with Gasteiger partial charge in [-0.2, -0.15) is 0 Å². The first-order valence-corrected chi connectivity index (χ1v) is 7.74. The van der Waals surface area contributed by atoms with Crippen LogP contribution in [0.15, 0.2) is 30.3 Å². The van der Waals surface area contributed by atoms with Gasteiger partial charge in [-0.3, -0.25) is 14.9 Å². The fourth-order valence-corrected chi connectivity index (χ4v) is 1.64. The molecule has 3 N–H and O–H groups in total. The number of rotatable bonds is 5. The maximum absolute atomic E-state index is 12.4. The Morgan fingerprint density at radius 3 is 2.04 bits per heavy atom. The van der Waals surface area contributed by atoms with E-state index in [9.17, 15) is 14.4 Å². The third-order valence-electron chi connectivity index (χ3n) is 2.78. The Labute approximate surface area is 142 Å². The summed E-state index contributed by atoms with van der Waals surface area (Å²) in [6, 6.07) is 8.74. The van der Waals surface area contributed by atoms with Crippen molar-refractivity contribution in [3.05, 3.63) is 30.3 Å². The van der Waals surface area contributed by atoms with Crippen LogP contribution in [0, 0.1) is 5.92 Å². The van der Waals surface area contributed by atoms with Crippen molar-refractivity contribution in [1.29, 1.82) is 0 Å². The molecule has 1 aromatic carbocycles. The zero-order chi connectivity index (χ0) is 18.3. The minimum Gasteiger partial charge on any atom is -0.444 e. The van der Waals surface area contributed by atoms with Crippen molar-refractivity contribution in [3.63, 3.8) is 0 Å². The molecule has 0 bridgehead atoms. The highest BCUT2D eigenvalue weighted by Crippen LogP contribution is 2.08. The lowest BCUT2D eigenvalue weighted by atomic mass is 10.2. The number of benzene rings is 1. The van der Waals surface area contributed by atoms with Gasteiger partial charge in [0.15, 0.2) is 6.17 Å². The molecule has 0 fully saturated rings. The van der Waals surface area contributed by atoms with Gasteiger partial charge in [0.1, 0.15) is 5.60 Å². The molecule has 24 heavy (non-hydrogen) atoms. The number of amides is 3. The van der Waals surface area contributed by atoms with Crippen LogP contribution in [-0.2, 0) is 14.3 Å². The highest BCUT2D eigenvalue weighted by Gasteiger charge is 2.26. The average Bonchev–Trinajstić information content (AvgIpc) is 2.45. The second-order valence-corrected chi connectivity index (χ2v) is 6.60. The molecule has 3 amide bonds. The highest BCUT2D eigenvalue weighted by molar-refractivity contribution is 5.98. The molecule has 1 unspecified atom stereocenters. The van der Waals surface area contributed by atoms with Crippen LogP contribution in [0.25, 0.3) is 0 Å². The quantitative estimate of drug-likeness (QED) is 0.719. The first kappa shape index (κ1) is 19.5. The minimum absolute atomic E-state index is 0.336. The van der Waals surface area contributed by atoms with Crippen molar-refractivity contribution in [2.24, 2.45) is 5.92 Å². The summed E-state index contributed by atoms with van der Waals surface area (Å²) in [6.07, 6.45) is -2.03. The largest absolute Gasteiger partial charge is 0.444 e. The average molecular weight is 335 g/mol. The summed E-state index contributed by atoms with van der Waals surface area (Å²) in [6.45, 7) is 8.50. The van der Waals surface area contributed by atoms with Crippen LogP contribution < -0.4 is 16.0 Å². The van der Waals surface area contributed by atoms with Crippen molar-refractivity contribution in [3.8, 4) is 0 Å². The molecule has 1 atom stereocenters. The third kappa shape index (κ3) is 7.13. The number of nitrogens with one attached hydrogen (secondary N) is 3. The molecule has 0 aliphatic rings. The summed E-state index contributed by atoms with van der Waals surface area (Å²) in [7, 11) is 0. The molecular formula is C17H25N3O4. The summed E-state index contributed by atoms with van der Waals surface area (Å²) in [5, 5.41) is 7.49. The summed E-state index contributed by atoms with van der Waals surface area (Å²) in [5.41, 5.74) is -0.163. The molecule has 0 saturated carbocycles. The first-order valence-electron chi connectivity index (χ1n) is 7.74. The lowest BCUT2D eigenvalue weighted by Crippen LogP contribution is -2.56. The monoisotopic (exact) mass is 335 g/mol. The maximum Gasteiger partial charge on any atom is 0.409 e. The maximum atomic E-state index is 12.4. The van der Waals surface area contributed by atoms with E-state index in [0.29, 0.717) is 5.69 Å². The van der Waals surface area contributed by atoms with E-state index in [1.54, 1.807) is 58.9 Å². The highest BCUT2D eigenvalue weighted by atomic mass is 16.6. The second kappa shape index (κ2) is 8.33. The van der Waals surface area contributed by atoms with Crippen LogP contribution in [-0.4, -0.2) is 29.7 Å². The molecule has 7 heteroatoms. The predicted octanol–water partition coefficient (Wildman–Crippen LogP) is 2.25.